The summed E-state index contributed by atoms with van der Waals surface area (Å²) in [5, 5.41) is 9.28. The second-order valence-corrected chi connectivity index (χ2v) is 10.4. The van der Waals surface area contributed by atoms with Gasteiger partial charge in [-0.15, -0.1) is 0 Å². The van der Waals surface area contributed by atoms with Gasteiger partial charge in [0.2, 0.25) is 0 Å². The number of esters is 1. The topological polar surface area (TPSA) is 65.0 Å². The van der Waals surface area contributed by atoms with E-state index in [0.29, 0.717) is 11.7 Å². The maximum atomic E-state index is 11.1. The van der Waals surface area contributed by atoms with E-state index in [1.807, 2.05) is 67.6 Å². The molecule has 4 rings (SSSR count). The minimum Gasteiger partial charge on any atom is -0.508 e. The monoisotopic (exact) mass is 532 g/mol. The molecule has 0 aromatic heterocycles. The molecule has 1 atom stereocenters. The van der Waals surface area contributed by atoms with Crippen LogP contribution in [-0.4, -0.2) is 29.6 Å². The van der Waals surface area contributed by atoms with Gasteiger partial charge in [0.1, 0.15) is 17.6 Å². The number of hydrogen-bond acceptors (Lipinski definition) is 5. The van der Waals surface area contributed by atoms with Crippen molar-refractivity contribution in [3.8, 4) is 11.5 Å². The highest BCUT2D eigenvalue weighted by molar-refractivity contribution is 5.87. The molecule has 0 aliphatic heterocycles. The normalized spacial score (nSPS) is 17.4. The predicted octanol–water partition coefficient (Wildman–Crippen LogP) is 8.63. The Bertz CT molecular complexity index is 1060. The molecule has 39 heavy (non-hydrogen) atoms. The Balaban J connectivity index is 0.000000293. The minimum absolute atomic E-state index is 0.156. The molecule has 0 bridgehead atoms. The van der Waals surface area contributed by atoms with E-state index in [-0.39, 0.29) is 24.1 Å². The number of aromatic hydroxyl groups is 1. The van der Waals surface area contributed by atoms with Gasteiger partial charge in [-0.3, -0.25) is 0 Å². The standard InChI is InChI=1S/C24H28O3.C10H16O2/c1-19(26-23-9-3-2-4-10-23)27-24-17-13-21(14-18-24)8-6-5-7-20-11-15-22(25)16-12-20;1-8(2)10(11)12-9-6-4-3-5-7-9/h5-8,11-19,23,25H,2-4,9-10H2,1H3;9H,1,3-7H2,2H3. The molecule has 2 aromatic rings. The SMILES string of the molecule is C=C(C)C(=O)OC1CCCCC1.CC(Oc1ccc(C=CC=Cc2ccc(O)cc2)cc1)OC1CCCCC1. The summed E-state index contributed by atoms with van der Waals surface area (Å²) in [5.74, 6) is 0.875. The van der Waals surface area contributed by atoms with E-state index in [2.05, 4.69) is 6.58 Å². The van der Waals surface area contributed by atoms with Gasteiger partial charge in [0.05, 0.1) is 6.10 Å². The summed E-state index contributed by atoms with van der Waals surface area (Å²) in [7, 11) is 0. The van der Waals surface area contributed by atoms with Crippen LogP contribution in [0.4, 0.5) is 0 Å². The van der Waals surface area contributed by atoms with E-state index < -0.39 is 0 Å². The van der Waals surface area contributed by atoms with Crippen LogP contribution < -0.4 is 4.74 Å². The number of rotatable bonds is 9. The maximum Gasteiger partial charge on any atom is 0.333 e. The average Bonchev–Trinajstić information content (AvgIpc) is 2.94. The Morgan fingerprint density at radius 2 is 1.31 bits per heavy atom. The van der Waals surface area contributed by atoms with Crippen molar-refractivity contribution in [2.75, 3.05) is 0 Å². The van der Waals surface area contributed by atoms with Crippen molar-refractivity contribution in [2.45, 2.75) is 96.6 Å². The van der Waals surface area contributed by atoms with Crippen LogP contribution in [0.25, 0.3) is 12.2 Å². The second kappa shape index (κ2) is 16.6. The van der Waals surface area contributed by atoms with Gasteiger partial charge >= 0.3 is 5.97 Å². The zero-order valence-corrected chi connectivity index (χ0v) is 23.5. The molecule has 1 unspecified atom stereocenters. The van der Waals surface area contributed by atoms with Crippen LogP contribution in [0.3, 0.4) is 0 Å². The fraction of sp³-hybridized carbons (Fsp3) is 0.441. The first-order valence-corrected chi connectivity index (χ1v) is 14.3. The fourth-order valence-corrected chi connectivity index (χ4v) is 4.70. The van der Waals surface area contributed by atoms with Crippen molar-refractivity contribution < 1.29 is 24.1 Å². The lowest BCUT2D eigenvalue weighted by Crippen LogP contribution is -2.26. The van der Waals surface area contributed by atoms with Gasteiger partial charge in [0, 0.05) is 5.57 Å². The molecule has 5 nitrogen and oxygen atoms in total. The highest BCUT2D eigenvalue weighted by atomic mass is 16.7. The first-order chi connectivity index (χ1) is 18.9. The van der Waals surface area contributed by atoms with E-state index in [9.17, 15) is 9.90 Å². The van der Waals surface area contributed by atoms with Crippen molar-refractivity contribution in [1.82, 2.24) is 0 Å². The summed E-state index contributed by atoms with van der Waals surface area (Å²) >= 11 is 0. The summed E-state index contributed by atoms with van der Waals surface area (Å²) in [6.07, 6.45) is 20.2. The number of phenols is 1. The van der Waals surface area contributed by atoms with Crippen molar-refractivity contribution in [1.29, 1.82) is 0 Å². The lowest BCUT2D eigenvalue weighted by molar-refractivity contribution is -0.145. The predicted molar refractivity (Wildman–Crippen MR) is 158 cm³/mol. The van der Waals surface area contributed by atoms with Crippen LogP contribution in [0.5, 0.6) is 11.5 Å². The smallest absolute Gasteiger partial charge is 0.333 e. The third-order valence-corrected chi connectivity index (χ3v) is 6.87. The third kappa shape index (κ3) is 12.0. The molecular formula is C34H44O5. The van der Waals surface area contributed by atoms with Gasteiger partial charge in [-0.05, 0) is 87.8 Å². The number of hydrogen-bond donors (Lipinski definition) is 1. The third-order valence-electron chi connectivity index (χ3n) is 6.87. The summed E-state index contributed by atoms with van der Waals surface area (Å²) < 4.78 is 17.1. The molecule has 0 spiro atoms. The molecule has 210 valence electrons. The van der Waals surface area contributed by atoms with Crippen LogP contribution in [0, 0.1) is 0 Å². The Labute approximate surface area is 234 Å². The van der Waals surface area contributed by atoms with Crippen LogP contribution in [-0.2, 0) is 14.3 Å². The summed E-state index contributed by atoms with van der Waals surface area (Å²) in [5.41, 5.74) is 2.66. The van der Waals surface area contributed by atoms with Crippen LogP contribution in [0.2, 0.25) is 0 Å². The van der Waals surface area contributed by atoms with Crippen molar-refractivity contribution in [2.24, 2.45) is 0 Å². The Morgan fingerprint density at radius 3 is 1.82 bits per heavy atom. The second-order valence-electron chi connectivity index (χ2n) is 10.4. The van der Waals surface area contributed by atoms with Crippen molar-refractivity contribution in [3.05, 3.63) is 84.0 Å². The van der Waals surface area contributed by atoms with E-state index in [0.717, 1.165) is 42.6 Å². The Morgan fingerprint density at radius 1 is 0.821 bits per heavy atom. The fourth-order valence-electron chi connectivity index (χ4n) is 4.70. The summed E-state index contributed by atoms with van der Waals surface area (Å²) in [6.45, 7) is 7.20. The first kappa shape index (κ1) is 30.2. The number of carbonyl (C=O) groups is 1. The van der Waals surface area contributed by atoms with Gasteiger partial charge < -0.3 is 19.3 Å². The number of carbonyl (C=O) groups excluding carboxylic acids is 1. The quantitative estimate of drug-likeness (QED) is 0.152. The number of ether oxygens (including phenoxy) is 3. The summed E-state index contributed by atoms with van der Waals surface area (Å²) in [6, 6.07) is 15.1. The number of allylic oxidation sites excluding steroid dienone is 2. The average molecular weight is 533 g/mol. The highest BCUT2D eigenvalue weighted by Crippen LogP contribution is 2.23. The molecule has 2 aliphatic rings. The molecule has 5 heteroatoms. The maximum absolute atomic E-state index is 11.1. The van der Waals surface area contributed by atoms with E-state index in [4.69, 9.17) is 14.2 Å². The highest BCUT2D eigenvalue weighted by Gasteiger charge is 2.18. The number of benzene rings is 2. The molecule has 2 saturated carbocycles. The van der Waals surface area contributed by atoms with Gasteiger partial charge in [-0.2, -0.15) is 0 Å². The largest absolute Gasteiger partial charge is 0.508 e. The lowest BCUT2D eigenvalue weighted by atomic mass is 9.98. The van der Waals surface area contributed by atoms with Crippen LogP contribution in [0.1, 0.15) is 89.2 Å². The van der Waals surface area contributed by atoms with Gasteiger partial charge in [-0.25, -0.2) is 4.79 Å². The van der Waals surface area contributed by atoms with Crippen molar-refractivity contribution in [3.63, 3.8) is 0 Å². The van der Waals surface area contributed by atoms with E-state index in [1.165, 1.54) is 38.5 Å². The van der Waals surface area contributed by atoms with E-state index in [1.54, 1.807) is 19.1 Å². The molecule has 0 heterocycles. The van der Waals surface area contributed by atoms with Crippen LogP contribution in [0.15, 0.2) is 72.8 Å². The molecule has 2 aromatic carbocycles. The van der Waals surface area contributed by atoms with Crippen LogP contribution >= 0.6 is 0 Å². The molecule has 2 aliphatic carbocycles. The molecule has 0 saturated heterocycles. The molecule has 2 fully saturated rings. The first-order valence-electron chi connectivity index (χ1n) is 14.3. The van der Waals surface area contributed by atoms with Crippen molar-refractivity contribution >= 4 is 18.1 Å². The minimum atomic E-state index is -0.234. The zero-order valence-electron chi connectivity index (χ0n) is 23.5. The molecular weight excluding hydrogens is 488 g/mol. The summed E-state index contributed by atoms with van der Waals surface area (Å²) in [4.78, 5) is 11.1. The zero-order chi connectivity index (χ0) is 27.9. The van der Waals surface area contributed by atoms with Gasteiger partial charge in [0.15, 0.2) is 6.29 Å². The van der Waals surface area contributed by atoms with Gasteiger partial charge in [-0.1, -0.05) is 80.8 Å². The lowest BCUT2D eigenvalue weighted by Gasteiger charge is -2.26. The molecule has 1 N–H and O–H groups in total. The van der Waals surface area contributed by atoms with E-state index >= 15 is 0 Å². The number of phenolic OH excluding ortho intramolecular Hbond substituents is 1. The molecule has 0 amide bonds. The van der Waals surface area contributed by atoms with Gasteiger partial charge in [0.25, 0.3) is 0 Å². The molecule has 0 radical (unpaired) electrons. The Hall–Kier alpha value is -3.31. The Kier molecular flexibility index (Phi) is 12.9.